The molecule has 1 N–H and O–H groups in total. The van der Waals surface area contributed by atoms with Crippen molar-refractivity contribution < 1.29 is 13.6 Å². The van der Waals surface area contributed by atoms with Crippen molar-refractivity contribution in [2.45, 2.75) is 0 Å². The number of nitrogens with zero attached hydrogens (tertiary/aromatic N) is 1. The van der Waals surface area contributed by atoms with Crippen molar-refractivity contribution in [2.75, 3.05) is 5.32 Å². The minimum absolute atomic E-state index is 0.127. The van der Waals surface area contributed by atoms with Crippen molar-refractivity contribution in [1.82, 2.24) is 4.98 Å². The van der Waals surface area contributed by atoms with Crippen LogP contribution in [0.15, 0.2) is 72.9 Å². The van der Waals surface area contributed by atoms with Gasteiger partial charge in [0.05, 0.1) is 11.4 Å². The van der Waals surface area contributed by atoms with Crippen molar-refractivity contribution >= 4 is 17.7 Å². The van der Waals surface area contributed by atoms with E-state index >= 15 is 0 Å². The van der Waals surface area contributed by atoms with Crippen LogP contribution in [0.3, 0.4) is 0 Å². The molecule has 0 aliphatic carbocycles. The SMILES string of the molecule is O=C(/C=C/c1ccc(-c2ccc(F)cc2)nc1)Nc1ccccc1F. The summed E-state index contributed by atoms with van der Waals surface area (Å²) in [7, 11) is 0. The minimum Gasteiger partial charge on any atom is -0.320 e. The third-order valence-corrected chi connectivity index (χ3v) is 3.49. The number of hydrogen-bond acceptors (Lipinski definition) is 2. The fourth-order valence-electron chi connectivity index (χ4n) is 2.20. The largest absolute Gasteiger partial charge is 0.320 e. The number of anilines is 1. The number of aromatic nitrogens is 1. The zero-order valence-corrected chi connectivity index (χ0v) is 13.1. The Balaban J connectivity index is 1.66. The number of amides is 1. The van der Waals surface area contributed by atoms with Crippen LogP contribution in [0.1, 0.15) is 5.56 Å². The molecule has 3 aromatic rings. The Morgan fingerprint density at radius 1 is 0.960 bits per heavy atom. The molecule has 1 aromatic heterocycles. The molecule has 0 bridgehead atoms. The van der Waals surface area contributed by atoms with E-state index in [-0.39, 0.29) is 11.5 Å². The maximum Gasteiger partial charge on any atom is 0.248 e. The highest BCUT2D eigenvalue weighted by molar-refractivity contribution is 6.01. The molecule has 124 valence electrons. The Bertz CT molecular complexity index is 904. The summed E-state index contributed by atoms with van der Waals surface area (Å²) in [6, 6.07) is 15.6. The smallest absolute Gasteiger partial charge is 0.248 e. The summed E-state index contributed by atoms with van der Waals surface area (Å²) in [5.41, 5.74) is 2.35. The van der Waals surface area contributed by atoms with Gasteiger partial charge in [0.2, 0.25) is 5.91 Å². The average molecular weight is 336 g/mol. The highest BCUT2D eigenvalue weighted by Gasteiger charge is 2.03. The fourth-order valence-corrected chi connectivity index (χ4v) is 2.20. The lowest BCUT2D eigenvalue weighted by Crippen LogP contribution is -2.08. The van der Waals surface area contributed by atoms with E-state index in [1.54, 1.807) is 48.7 Å². The van der Waals surface area contributed by atoms with Crippen LogP contribution in [0.5, 0.6) is 0 Å². The van der Waals surface area contributed by atoms with Gasteiger partial charge in [-0.25, -0.2) is 8.78 Å². The second-order valence-electron chi connectivity index (χ2n) is 5.29. The first kappa shape index (κ1) is 16.5. The molecule has 0 saturated carbocycles. The number of hydrogen-bond donors (Lipinski definition) is 1. The molecule has 2 aromatic carbocycles. The summed E-state index contributed by atoms with van der Waals surface area (Å²) in [6.45, 7) is 0. The van der Waals surface area contributed by atoms with E-state index < -0.39 is 11.7 Å². The molecule has 1 heterocycles. The van der Waals surface area contributed by atoms with Crippen molar-refractivity contribution in [3.05, 3.63) is 90.1 Å². The third kappa shape index (κ3) is 4.35. The molecule has 0 aliphatic rings. The van der Waals surface area contributed by atoms with E-state index in [0.717, 1.165) is 11.1 Å². The maximum absolute atomic E-state index is 13.5. The highest BCUT2D eigenvalue weighted by Crippen LogP contribution is 2.18. The quantitative estimate of drug-likeness (QED) is 0.703. The molecular weight excluding hydrogens is 322 g/mol. The molecule has 25 heavy (non-hydrogen) atoms. The second kappa shape index (κ2) is 7.49. The third-order valence-electron chi connectivity index (χ3n) is 3.49. The molecule has 0 spiro atoms. The number of carbonyl (C=O) groups excluding carboxylic acids is 1. The van der Waals surface area contributed by atoms with Gasteiger partial charge in [0.15, 0.2) is 0 Å². The lowest BCUT2D eigenvalue weighted by Gasteiger charge is -2.03. The molecule has 0 aliphatic heterocycles. The Morgan fingerprint density at radius 2 is 1.72 bits per heavy atom. The molecule has 3 rings (SSSR count). The summed E-state index contributed by atoms with van der Waals surface area (Å²) < 4.78 is 26.4. The first-order chi connectivity index (χ1) is 12.1. The average Bonchev–Trinajstić information content (AvgIpc) is 2.63. The molecule has 0 fully saturated rings. The van der Waals surface area contributed by atoms with E-state index in [0.29, 0.717) is 5.69 Å². The van der Waals surface area contributed by atoms with E-state index in [2.05, 4.69) is 10.3 Å². The van der Waals surface area contributed by atoms with Gasteiger partial charge < -0.3 is 5.32 Å². The number of para-hydroxylation sites is 1. The van der Waals surface area contributed by atoms with Gasteiger partial charge in [-0.1, -0.05) is 18.2 Å². The second-order valence-corrected chi connectivity index (χ2v) is 5.29. The Kier molecular flexibility index (Phi) is 4.95. The van der Waals surface area contributed by atoms with Gasteiger partial charge in [0.25, 0.3) is 0 Å². The van der Waals surface area contributed by atoms with Gasteiger partial charge in [-0.2, -0.15) is 0 Å². The first-order valence-corrected chi connectivity index (χ1v) is 7.57. The van der Waals surface area contributed by atoms with Crippen LogP contribution < -0.4 is 5.32 Å². The molecule has 0 atom stereocenters. The number of carbonyl (C=O) groups is 1. The van der Waals surface area contributed by atoms with Crippen LogP contribution in [0, 0.1) is 11.6 Å². The van der Waals surface area contributed by atoms with Gasteiger partial charge in [-0.3, -0.25) is 9.78 Å². The van der Waals surface area contributed by atoms with Crippen molar-refractivity contribution in [3.8, 4) is 11.3 Å². The summed E-state index contributed by atoms with van der Waals surface area (Å²) >= 11 is 0. The first-order valence-electron chi connectivity index (χ1n) is 7.57. The van der Waals surface area contributed by atoms with Crippen LogP contribution in [0.25, 0.3) is 17.3 Å². The number of halogens is 2. The summed E-state index contributed by atoms with van der Waals surface area (Å²) in [5.74, 6) is -1.23. The lowest BCUT2D eigenvalue weighted by molar-refractivity contribution is -0.111. The van der Waals surface area contributed by atoms with Crippen LogP contribution in [0.2, 0.25) is 0 Å². The van der Waals surface area contributed by atoms with Crippen molar-refractivity contribution in [2.24, 2.45) is 0 Å². The molecule has 3 nitrogen and oxygen atoms in total. The van der Waals surface area contributed by atoms with Gasteiger partial charge >= 0.3 is 0 Å². The molecule has 1 amide bonds. The molecule has 5 heteroatoms. The summed E-state index contributed by atoms with van der Waals surface area (Å²) in [6.07, 6.45) is 4.49. The molecular formula is C20H14F2N2O. The standard InChI is InChI=1S/C20H14F2N2O/c21-16-9-7-15(8-10-16)18-11-5-14(13-23-18)6-12-20(25)24-19-4-2-1-3-17(19)22/h1-13H,(H,24,25)/b12-6+. The van der Waals surface area contributed by atoms with Crippen molar-refractivity contribution in [3.63, 3.8) is 0 Å². The predicted molar refractivity (Wildman–Crippen MR) is 93.7 cm³/mol. The van der Waals surface area contributed by atoms with E-state index in [4.69, 9.17) is 0 Å². The summed E-state index contributed by atoms with van der Waals surface area (Å²) in [5, 5.41) is 2.47. The number of pyridine rings is 1. The number of benzene rings is 2. The highest BCUT2D eigenvalue weighted by atomic mass is 19.1. The van der Waals surface area contributed by atoms with Crippen LogP contribution >= 0.6 is 0 Å². The molecule has 0 radical (unpaired) electrons. The number of rotatable bonds is 4. The van der Waals surface area contributed by atoms with E-state index in [1.165, 1.54) is 30.3 Å². The van der Waals surface area contributed by atoms with Gasteiger partial charge in [0, 0.05) is 17.8 Å². The van der Waals surface area contributed by atoms with Gasteiger partial charge in [0.1, 0.15) is 11.6 Å². The topological polar surface area (TPSA) is 42.0 Å². The Labute approximate surface area is 143 Å². The Morgan fingerprint density at radius 3 is 2.40 bits per heavy atom. The monoisotopic (exact) mass is 336 g/mol. The normalized spacial score (nSPS) is 10.8. The fraction of sp³-hybridized carbons (Fsp3) is 0. The minimum atomic E-state index is -0.491. The zero-order valence-electron chi connectivity index (χ0n) is 13.1. The van der Waals surface area contributed by atoms with E-state index in [1.807, 2.05) is 0 Å². The van der Waals surface area contributed by atoms with Crippen molar-refractivity contribution in [1.29, 1.82) is 0 Å². The van der Waals surface area contributed by atoms with E-state index in [9.17, 15) is 13.6 Å². The van der Waals surface area contributed by atoms with Crippen LogP contribution in [0.4, 0.5) is 14.5 Å². The predicted octanol–water partition coefficient (Wildman–Crippen LogP) is 4.68. The van der Waals surface area contributed by atoms with Gasteiger partial charge in [-0.15, -0.1) is 0 Å². The number of nitrogens with one attached hydrogen (secondary N) is 1. The zero-order chi connectivity index (χ0) is 17.6. The Hall–Kier alpha value is -3.34. The van der Waals surface area contributed by atoms with Gasteiger partial charge in [-0.05, 0) is 54.1 Å². The lowest BCUT2D eigenvalue weighted by atomic mass is 10.1. The maximum atomic E-state index is 13.5. The van der Waals surface area contributed by atoms with Crippen LogP contribution in [-0.4, -0.2) is 10.9 Å². The molecule has 0 unspecified atom stereocenters. The van der Waals surface area contributed by atoms with Crippen LogP contribution in [-0.2, 0) is 4.79 Å². The summed E-state index contributed by atoms with van der Waals surface area (Å²) in [4.78, 5) is 16.1. The molecule has 0 saturated heterocycles.